The minimum Gasteiger partial charge on any atom is -0.744 e. The van der Waals surface area contributed by atoms with Gasteiger partial charge in [-0.2, -0.15) is 0 Å². The van der Waals surface area contributed by atoms with E-state index in [2.05, 4.69) is 15.6 Å². The quantitative estimate of drug-likeness (QED) is 0.0614. The summed E-state index contributed by atoms with van der Waals surface area (Å²) in [6.45, 7) is 2.93. The summed E-state index contributed by atoms with van der Waals surface area (Å²) in [4.78, 5) is 89.6. The molecule has 50 heavy (non-hydrogen) atoms. The molecule has 0 atom stereocenters. The molecule has 4 N–H and O–H groups in total. The maximum absolute atomic E-state index is 13.3. The number of urea groups is 1. The summed E-state index contributed by atoms with van der Waals surface area (Å²) in [5.41, 5.74) is -2.66. The zero-order valence-electron chi connectivity index (χ0n) is 26.9. The molecule has 0 aliphatic carbocycles. The van der Waals surface area contributed by atoms with Gasteiger partial charge in [0, 0.05) is 18.5 Å². The van der Waals surface area contributed by atoms with Crippen LogP contribution in [-0.4, -0.2) is 57.2 Å². The van der Waals surface area contributed by atoms with Crippen molar-refractivity contribution in [1.82, 2.24) is 14.9 Å². The number of aromatic nitrogens is 2. The van der Waals surface area contributed by atoms with Crippen LogP contribution in [0.15, 0.2) is 92.4 Å². The average molecular weight is 730 g/mol. The molecule has 0 unspecified atom stereocenters. The molecule has 0 saturated carbocycles. The predicted octanol–water partition coefficient (Wildman–Crippen LogP) is -0.994. The number of amides is 5. The molecule has 2 heterocycles. The fraction of sp³-hybridized carbons (Fsp3) is 0.156. The van der Waals surface area contributed by atoms with E-state index >= 15 is 0 Å². The van der Waals surface area contributed by atoms with Crippen molar-refractivity contribution in [2.75, 3.05) is 10.2 Å². The summed E-state index contributed by atoms with van der Waals surface area (Å²) in [5.74, 6) is -3.21. The van der Waals surface area contributed by atoms with Crippen LogP contribution in [0.5, 0.6) is 5.88 Å². The van der Waals surface area contributed by atoms with Crippen molar-refractivity contribution < 1.29 is 93.4 Å². The van der Waals surface area contributed by atoms with Gasteiger partial charge in [-0.1, -0.05) is 29.9 Å². The van der Waals surface area contributed by atoms with Crippen LogP contribution in [0.3, 0.4) is 0 Å². The van der Waals surface area contributed by atoms with Crippen molar-refractivity contribution >= 4 is 57.1 Å². The maximum Gasteiger partial charge on any atom is 1.00 e. The minimum atomic E-state index is -4.91. The van der Waals surface area contributed by atoms with Crippen molar-refractivity contribution in [3.05, 3.63) is 104 Å². The number of carbonyl (C=O) groups is 5. The van der Waals surface area contributed by atoms with Crippen LogP contribution in [0.1, 0.15) is 38.7 Å². The molecule has 18 heteroatoms. The fourth-order valence-electron chi connectivity index (χ4n) is 4.54. The number of barbiturate groups is 1. The van der Waals surface area contributed by atoms with E-state index in [1.807, 2.05) is 0 Å². The van der Waals surface area contributed by atoms with Crippen LogP contribution in [0, 0.1) is 0 Å². The molecular weight excluding hydrogens is 702 g/mol. The van der Waals surface area contributed by atoms with Crippen LogP contribution in [0.4, 0.5) is 16.2 Å². The minimum absolute atomic E-state index is 0. The Labute approximate surface area is 326 Å². The van der Waals surface area contributed by atoms with E-state index in [1.165, 1.54) is 56.3 Å². The molecule has 0 radical (unpaired) electrons. The van der Waals surface area contributed by atoms with Crippen molar-refractivity contribution in [1.29, 1.82) is 0 Å². The Hall–Kier alpha value is -4.56. The van der Waals surface area contributed by atoms with E-state index in [0.29, 0.717) is 21.5 Å². The predicted molar refractivity (Wildman–Crippen MR) is 174 cm³/mol. The number of hydrogen-bond donors (Lipinski definition) is 4. The van der Waals surface area contributed by atoms with Crippen molar-refractivity contribution in [3.63, 3.8) is 0 Å². The number of benzene rings is 2. The van der Waals surface area contributed by atoms with Crippen LogP contribution in [0.2, 0.25) is 0 Å². The SMILES string of the molecule is CC(=O)CCCC(=O)Nc1cccc(N2C(=O)NC(=O)C(=CC=C(C)C=Cc3c(O)[nH]c(=O)n(-c4cccc(S(=O)(=O)[O-])c4)c3=O)C2=O)c1.[K+]. The Morgan fingerprint density at radius 3 is 2.34 bits per heavy atom. The summed E-state index contributed by atoms with van der Waals surface area (Å²) >= 11 is 0. The Bertz CT molecular complexity index is 2220. The molecule has 0 bridgehead atoms. The molecule has 1 aliphatic rings. The molecular formula is C32H28KN5O11S. The van der Waals surface area contributed by atoms with E-state index in [4.69, 9.17) is 0 Å². The zero-order chi connectivity index (χ0) is 36.0. The number of nitrogens with one attached hydrogen (secondary N) is 3. The number of nitrogens with zero attached hydrogens (tertiary/aromatic N) is 2. The third kappa shape index (κ3) is 9.78. The average Bonchev–Trinajstić information content (AvgIpc) is 3.00. The first-order valence-corrected chi connectivity index (χ1v) is 15.8. The molecule has 5 amide bonds. The number of imide groups is 2. The molecule has 1 fully saturated rings. The molecule has 2 aromatic carbocycles. The first-order valence-electron chi connectivity index (χ1n) is 14.4. The molecule has 0 spiro atoms. The Balaban J connectivity index is 0.00000676. The summed E-state index contributed by atoms with van der Waals surface area (Å²) < 4.78 is 34.8. The number of aromatic hydroxyl groups is 1. The number of rotatable bonds is 11. The molecule has 3 aromatic rings. The third-order valence-corrected chi connectivity index (χ3v) is 7.76. The normalized spacial score (nSPS) is 14.5. The molecule has 1 aliphatic heterocycles. The van der Waals surface area contributed by atoms with Gasteiger partial charge in [-0.05, 0) is 68.8 Å². The van der Waals surface area contributed by atoms with Gasteiger partial charge in [0.2, 0.25) is 11.8 Å². The first-order chi connectivity index (χ1) is 23.1. The van der Waals surface area contributed by atoms with Gasteiger partial charge < -0.3 is 19.8 Å². The molecule has 1 aromatic heterocycles. The van der Waals surface area contributed by atoms with Gasteiger partial charge in [-0.25, -0.2) is 27.5 Å². The largest absolute Gasteiger partial charge is 1.00 e. The number of hydrogen-bond acceptors (Lipinski definition) is 11. The number of anilines is 2. The molecule has 4 rings (SSSR count). The molecule has 254 valence electrons. The molecule has 1 saturated heterocycles. The van der Waals surface area contributed by atoms with Crippen molar-refractivity contribution in [3.8, 4) is 11.6 Å². The van der Waals surface area contributed by atoms with Crippen molar-refractivity contribution in [2.24, 2.45) is 0 Å². The number of allylic oxidation sites excluding steroid dienone is 4. The monoisotopic (exact) mass is 729 g/mol. The Morgan fingerprint density at radius 2 is 1.66 bits per heavy atom. The topological polar surface area (TPSA) is 245 Å². The van der Waals surface area contributed by atoms with Gasteiger partial charge in [0.15, 0.2) is 0 Å². The van der Waals surface area contributed by atoms with E-state index in [-0.39, 0.29) is 93.0 Å². The Morgan fingerprint density at radius 1 is 0.980 bits per heavy atom. The number of H-pyrrole nitrogens is 1. The smallest absolute Gasteiger partial charge is 0.744 e. The summed E-state index contributed by atoms with van der Waals surface area (Å²) in [5, 5.41) is 15.0. The summed E-state index contributed by atoms with van der Waals surface area (Å²) in [6.07, 6.45) is 5.51. The van der Waals surface area contributed by atoms with Crippen LogP contribution in [0.25, 0.3) is 11.8 Å². The standard InChI is InChI=1S/C32H29N5O11S.K/c1-18(13-15-25-28(41)35-32(45)37(30(25)43)22-9-5-10-23(17-22)49(46,47)48)12-14-24-27(40)34-31(44)36(29(24)42)21-8-4-7-20(16-21)33-26(39)11-3-6-19(2)38;/h4-5,7-10,12-17,41H,3,6,11H2,1-2H3,(H,33,39)(H,35,45)(H,34,40,44)(H,46,47,48);/q;+1/p-1. The molecule has 16 nitrogen and oxygen atoms in total. The number of Topliss-reactive ketones (excluding diaryl/α,β-unsaturated/α-hetero) is 1. The third-order valence-electron chi connectivity index (χ3n) is 6.93. The van der Waals surface area contributed by atoms with Gasteiger partial charge in [-0.3, -0.25) is 29.5 Å². The zero-order valence-corrected chi connectivity index (χ0v) is 30.8. The Kier molecular flexibility index (Phi) is 13.5. The number of ketones is 1. The van der Waals surface area contributed by atoms with Gasteiger partial charge in [0.25, 0.3) is 17.4 Å². The fourth-order valence-corrected chi connectivity index (χ4v) is 5.05. The summed E-state index contributed by atoms with van der Waals surface area (Å²) in [7, 11) is -4.91. The second kappa shape index (κ2) is 16.9. The van der Waals surface area contributed by atoms with E-state index < -0.39 is 61.1 Å². The van der Waals surface area contributed by atoms with E-state index in [9.17, 15) is 51.6 Å². The maximum atomic E-state index is 13.3. The number of aromatic amines is 1. The van der Waals surface area contributed by atoms with Gasteiger partial charge in [0.05, 0.1) is 16.3 Å². The van der Waals surface area contributed by atoms with Gasteiger partial charge in [0.1, 0.15) is 27.0 Å². The first kappa shape index (κ1) is 39.9. The van der Waals surface area contributed by atoms with E-state index in [1.54, 1.807) is 0 Å². The van der Waals surface area contributed by atoms with E-state index in [0.717, 1.165) is 30.4 Å². The van der Waals surface area contributed by atoms with Crippen LogP contribution < -0.4 is 78.2 Å². The van der Waals surface area contributed by atoms with Crippen LogP contribution in [-0.2, 0) is 29.3 Å². The second-order valence-electron chi connectivity index (χ2n) is 10.7. The number of carbonyl (C=O) groups excluding carboxylic acids is 5. The second-order valence-corrected chi connectivity index (χ2v) is 12.0. The summed E-state index contributed by atoms with van der Waals surface area (Å²) in [6, 6.07) is 8.93. The van der Waals surface area contributed by atoms with Gasteiger partial charge in [-0.15, -0.1) is 0 Å². The van der Waals surface area contributed by atoms with Crippen molar-refractivity contribution in [2.45, 2.75) is 38.0 Å². The van der Waals surface area contributed by atoms with Crippen LogP contribution >= 0.6 is 0 Å². The van der Waals surface area contributed by atoms with Gasteiger partial charge >= 0.3 is 63.1 Å².